The van der Waals surface area contributed by atoms with Crippen molar-refractivity contribution in [1.29, 1.82) is 0 Å². The monoisotopic (exact) mass is 313 g/mol. The second-order valence-corrected chi connectivity index (χ2v) is 7.07. The lowest BCUT2D eigenvalue weighted by Crippen LogP contribution is -2.50. The molecule has 2 rings (SSSR count). The minimum Gasteiger partial charge on any atom is -0.480 e. The molecule has 1 aromatic rings. The van der Waals surface area contributed by atoms with E-state index < -0.39 is 11.5 Å². The maximum atomic E-state index is 11.4. The van der Waals surface area contributed by atoms with Gasteiger partial charge in [0.05, 0.1) is 0 Å². The van der Waals surface area contributed by atoms with Crippen molar-refractivity contribution in [2.75, 3.05) is 5.75 Å². The van der Waals surface area contributed by atoms with Crippen LogP contribution in [0, 0.1) is 0 Å². The molecule has 0 saturated heterocycles. The highest BCUT2D eigenvalue weighted by molar-refractivity contribution is 7.99. The number of halogens is 1. The van der Waals surface area contributed by atoms with Gasteiger partial charge in [0, 0.05) is 16.0 Å². The first-order valence-electron chi connectivity index (χ1n) is 6.89. The minimum atomic E-state index is -0.796. The summed E-state index contributed by atoms with van der Waals surface area (Å²) in [6, 6.07) is 8.14. The minimum absolute atomic E-state index is 0.400. The fraction of sp³-hybridized carbons (Fsp3) is 0.533. The van der Waals surface area contributed by atoms with Crippen LogP contribution in [0.25, 0.3) is 0 Å². The maximum Gasteiger partial charge on any atom is 0.323 e. The molecule has 3 nitrogen and oxygen atoms in total. The Labute approximate surface area is 129 Å². The highest BCUT2D eigenvalue weighted by Crippen LogP contribution is 2.27. The van der Waals surface area contributed by atoms with Crippen LogP contribution in [0.2, 0.25) is 5.02 Å². The number of thioether (sulfide) groups is 1. The average molecular weight is 314 g/mol. The van der Waals surface area contributed by atoms with Crippen LogP contribution in [0.15, 0.2) is 29.2 Å². The molecule has 5 heteroatoms. The first-order chi connectivity index (χ1) is 9.49. The Morgan fingerprint density at radius 2 is 2.30 bits per heavy atom. The highest BCUT2D eigenvalue weighted by Gasteiger charge is 2.37. The molecule has 1 aliphatic rings. The summed E-state index contributed by atoms with van der Waals surface area (Å²) < 4.78 is 0. The van der Waals surface area contributed by atoms with E-state index in [1.165, 1.54) is 0 Å². The van der Waals surface area contributed by atoms with Gasteiger partial charge in [0.1, 0.15) is 5.54 Å². The quantitative estimate of drug-likeness (QED) is 0.566. The van der Waals surface area contributed by atoms with E-state index in [9.17, 15) is 9.90 Å². The van der Waals surface area contributed by atoms with E-state index in [-0.39, 0.29) is 0 Å². The summed E-state index contributed by atoms with van der Waals surface area (Å²) >= 11 is 7.65. The number of hydrogen-bond donors (Lipinski definition) is 2. The van der Waals surface area contributed by atoms with Gasteiger partial charge in [0.25, 0.3) is 0 Å². The number of hydrogen-bond acceptors (Lipinski definition) is 3. The van der Waals surface area contributed by atoms with Gasteiger partial charge in [-0.15, -0.1) is 11.8 Å². The molecule has 1 atom stereocenters. The Morgan fingerprint density at radius 3 is 2.90 bits per heavy atom. The molecule has 1 aliphatic carbocycles. The second-order valence-electron chi connectivity index (χ2n) is 5.47. The Balaban J connectivity index is 1.77. The average Bonchev–Trinajstić information content (AvgIpc) is 3.18. The fourth-order valence-electron chi connectivity index (χ4n) is 2.09. The van der Waals surface area contributed by atoms with Crippen molar-refractivity contribution >= 4 is 29.3 Å². The van der Waals surface area contributed by atoms with Gasteiger partial charge in [-0.3, -0.25) is 10.1 Å². The van der Waals surface area contributed by atoms with Crippen molar-refractivity contribution in [3.8, 4) is 0 Å². The summed E-state index contributed by atoms with van der Waals surface area (Å²) in [6.07, 6.45) is 3.70. The predicted octanol–water partition coefficient (Wildman–Crippen LogP) is 3.81. The smallest absolute Gasteiger partial charge is 0.323 e. The van der Waals surface area contributed by atoms with Crippen molar-refractivity contribution in [2.24, 2.45) is 0 Å². The lowest BCUT2D eigenvalue weighted by atomic mass is 9.96. The lowest BCUT2D eigenvalue weighted by Gasteiger charge is -2.26. The molecule has 0 aliphatic heterocycles. The van der Waals surface area contributed by atoms with Crippen LogP contribution >= 0.6 is 23.4 Å². The summed E-state index contributed by atoms with van der Waals surface area (Å²) in [6.45, 7) is 1.79. The zero-order valence-corrected chi connectivity index (χ0v) is 13.1. The van der Waals surface area contributed by atoms with Crippen LogP contribution in [0.4, 0.5) is 0 Å². The van der Waals surface area contributed by atoms with Gasteiger partial charge in [0.2, 0.25) is 0 Å². The van der Waals surface area contributed by atoms with Gasteiger partial charge < -0.3 is 5.11 Å². The predicted molar refractivity (Wildman–Crippen MR) is 83.6 cm³/mol. The van der Waals surface area contributed by atoms with E-state index in [1.807, 2.05) is 24.3 Å². The Hall–Kier alpha value is -0.710. The van der Waals surface area contributed by atoms with Crippen LogP contribution in [0.1, 0.15) is 32.6 Å². The Bertz CT molecular complexity index is 479. The lowest BCUT2D eigenvalue weighted by molar-refractivity contribution is -0.144. The van der Waals surface area contributed by atoms with E-state index >= 15 is 0 Å². The molecule has 0 aromatic heterocycles. The second kappa shape index (κ2) is 6.83. The Kier molecular flexibility index (Phi) is 5.35. The van der Waals surface area contributed by atoms with Crippen LogP contribution in [0.3, 0.4) is 0 Å². The molecule has 0 spiro atoms. The van der Waals surface area contributed by atoms with E-state index in [4.69, 9.17) is 11.6 Å². The molecule has 110 valence electrons. The first kappa shape index (κ1) is 15.7. The van der Waals surface area contributed by atoms with Gasteiger partial charge in [-0.2, -0.15) is 0 Å². The van der Waals surface area contributed by atoms with Gasteiger partial charge in [-0.1, -0.05) is 17.7 Å². The standard InChI is InChI=1S/C15H20ClNO2S/c1-15(14(18)19,17-12-6-7-12)8-3-9-20-13-5-2-4-11(16)10-13/h2,4-5,10,12,17H,3,6-9H2,1H3,(H,18,19). The maximum absolute atomic E-state index is 11.4. The number of carboxylic acids is 1. The van der Waals surface area contributed by atoms with Crippen LogP contribution in [-0.4, -0.2) is 28.4 Å². The summed E-state index contributed by atoms with van der Waals surface area (Å²) in [4.78, 5) is 12.5. The normalized spacial score (nSPS) is 17.7. The third kappa shape index (κ3) is 4.69. The molecule has 20 heavy (non-hydrogen) atoms. The SMILES string of the molecule is CC(CCCSc1cccc(Cl)c1)(NC1CC1)C(=O)O. The van der Waals surface area contributed by atoms with E-state index in [0.717, 1.165) is 34.9 Å². The van der Waals surface area contributed by atoms with Gasteiger partial charge in [0.15, 0.2) is 0 Å². The fourth-order valence-corrected chi connectivity index (χ4v) is 3.26. The summed E-state index contributed by atoms with van der Waals surface area (Å²) in [5, 5.41) is 13.4. The van der Waals surface area contributed by atoms with Crippen LogP contribution in [-0.2, 0) is 4.79 Å². The molecule has 0 amide bonds. The summed E-state index contributed by atoms with van der Waals surface area (Å²) in [7, 11) is 0. The van der Waals surface area contributed by atoms with Crippen LogP contribution < -0.4 is 5.32 Å². The zero-order chi connectivity index (χ0) is 14.6. The molecular weight excluding hydrogens is 294 g/mol. The molecule has 1 aromatic carbocycles. The number of rotatable bonds is 8. The molecule has 2 N–H and O–H groups in total. The molecule has 1 fully saturated rings. The largest absolute Gasteiger partial charge is 0.480 e. The van der Waals surface area contributed by atoms with Gasteiger partial charge >= 0.3 is 5.97 Å². The van der Waals surface area contributed by atoms with Crippen molar-refractivity contribution < 1.29 is 9.90 Å². The molecule has 0 bridgehead atoms. The number of carbonyl (C=O) groups is 1. The number of benzene rings is 1. The van der Waals surface area contributed by atoms with Crippen molar-refractivity contribution in [1.82, 2.24) is 5.32 Å². The number of carboxylic acid groups (broad SMARTS) is 1. The molecular formula is C15H20ClNO2S. The third-order valence-corrected chi connectivity index (χ3v) is 4.77. The molecule has 0 heterocycles. The zero-order valence-electron chi connectivity index (χ0n) is 11.6. The topological polar surface area (TPSA) is 49.3 Å². The summed E-state index contributed by atoms with van der Waals surface area (Å²) in [5.74, 6) is 0.146. The van der Waals surface area contributed by atoms with E-state index in [0.29, 0.717) is 12.5 Å². The third-order valence-electron chi connectivity index (χ3n) is 3.46. The van der Waals surface area contributed by atoms with Crippen molar-refractivity contribution in [3.05, 3.63) is 29.3 Å². The van der Waals surface area contributed by atoms with Crippen molar-refractivity contribution in [3.63, 3.8) is 0 Å². The van der Waals surface area contributed by atoms with Gasteiger partial charge in [-0.05, 0) is 56.6 Å². The molecule has 0 radical (unpaired) electrons. The Morgan fingerprint density at radius 1 is 1.55 bits per heavy atom. The molecule has 1 unspecified atom stereocenters. The number of nitrogens with one attached hydrogen (secondary N) is 1. The van der Waals surface area contributed by atoms with E-state index in [2.05, 4.69) is 5.32 Å². The highest BCUT2D eigenvalue weighted by atomic mass is 35.5. The number of aliphatic carboxylic acids is 1. The first-order valence-corrected chi connectivity index (χ1v) is 8.25. The van der Waals surface area contributed by atoms with E-state index in [1.54, 1.807) is 18.7 Å². The van der Waals surface area contributed by atoms with Crippen molar-refractivity contribution in [2.45, 2.75) is 49.1 Å². The molecule has 1 saturated carbocycles. The summed E-state index contributed by atoms with van der Waals surface area (Å²) in [5.41, 5.74) is -0.796. The van der Waals surface area contributed by atoms with Gasteiger partial charge in [-0.25, -0.2) is 0 Å². The van der Waals surface area contributed by atoms with Crippen LogP contribution in [0.5, 0.6) is 0 Å².